The van der Waals surface area contributed by atoms with E-state index < -0.39 is 0 Å². The smallest absolute Gasteiger partial charge is 0.230 e. The molecule has 3 nitrogen and oxygen atoms in total. The summed E-state index contributed by atoms with van der Waals surface area (Å²) in [6.07, 6.45) is 0. The van der Waals surface area contributed by atoms with Crippen molar-refractivity contribution in [2.45, 2.75) is 25.8 Å². The molecule has 0 N–H and O–H groups in total. The van der Waals surface area contributed by atoms with Crippen LogP contribution in [0.1, 0.15) is 36.9 Å². The Balaban J connectivity index is 1.67. The first kappa shape index (κ1) is 23.9. The van der Waals surface area contributed by atoms with Gasteiger partial charge in [-0.25, -0.2) is 0 Å². The van der Waals surface area contributed by atoms with E-state index in [9.17, 15) is 4.79 Å². The largest absolute Gasteiger partial charge is 0.360 e. The first-order chi connectivity index (χ1) is 15.8. The number of hydrogen-bond donors (Lipinski definition) is 0. The van der Waals surface area contributed by atoms with Crippen LogP contribution >= 0.6 is 34.8 Å². The Morgan fingerprint density at radius 1 is 0.879 bits per heavy atom. The Bertz CT molecular complexity index is 1100. The highest BCUT2D eigenvalue weighted by molar-refractivity contribution is 6.36. The van der Waals surface area contributed by atoms with Gasteiger partial charge in [-0.2, -0.15) is 0 Å². The van der Waals surface area contributed by atoms with Crippen LogP contribution in [0.3, 0.4) is 0 Å². The van der Waals surface area contributed by atoms with Gasteiger partial charge in [0.15, 0.2) is 0 Å². The van der Waals surface area contributed by atoms with Crippen molar-refractivity contribution in [1.82, 2.24) is 4.90 Å². The van der Waals surface area contributed by atoms with Crippen LogP contribution in [-0.2, 0) is 4.79 Å². The molecule has 3 aromatic carbocycles. The van der Waals surface area contributed by atoms with E-state index in [4.69, 9.17) is 34.8 Å². The van der Waals surface area contributed by atoms with Crippen LogP contribution in [0.25, 0.3) is 0 Å². The van der Waals surface area contributed by atoms with Crippen LogP contribution < -0.4 is 4.90 Å². The van der Waals surface area contributed by atoms with Gasteiger partial charge in [0.05, 0.1) is 22.7 Å². The summed E-state index contributed by atoms with van der Waals surface area (Å²) in [6.45, 7) is 6.07. The Hall–Kier alpha value is -2.20. The summed E-state index contributed by atoms with van der Waals surface area (Å²) in [5.74, 6) is 0.178. The second-order valence-electron chi connectivity index (χ2n) is 8.77. The fourth-order valence-corrected chi connectivity index (χ4v) is 5.27. The Labute approximate surface area is 210 Å². The lowest BCUT2D eigenvalue weighted by Crippen LogP contribution is -2.52. The molecule has 2 unspecified atom stereocenters. The standard InChI is InChI=1S/C27H27Cl3N2O/c1-18(2)26(20-6-4-3-5-7-20)27(33)31-14-15-32(24-13-12-22(29)16-23(24)30)25(17-31)19-8-10-21(28)11-9-19/h3-13,16,18,25-26H,14-15,17H2,1-2H3. The van der Waals surface area contributed by atoms with Gasteiger partial charge in [-0.1, -0.05) is 91.1 Å². The third-order valence-corrected chi connectivity index (χ3v) is 7.05. The Morgan fingerprint density at radius 3 is 2.18 bits per heavy atom. The maximum absolute atomic E-state index is 13.8. The summed E-state index contributed by atoms with van der Waals surface area (Å²) in [4.78, 5) is 18.0. The fourth-order valence-electron chi connectivity index (χ4n) is 4.63. The number of rotatable bonds is 5. The highest BCUT2D eigenvalue weighted by Crippen LogP contribution is 2.38. The number of carbonyl (C=O) groups excluding carboxylic acids is 1. The average molecular weight is 502 g/mol. The Kier molecular flexibility index (Phi) is 7.53. The van der Waals surface area contributed by atoms with E-state index in [1.807, 2.05) is 71.6 Å². The highest BCUT2D eigenvalue weighted by atomic mass is 35.5. The van der Waals surface area contributed by atoms with E-state index in [-0.39, 0.29) is 23.8 Å². The summed E-state index contributed by atoms with van der Waals surface area (Å²) in [6, 6.07) is 23.4. The summed E-state index contributed by atoms with van der Waals surface area (Å²) >= 11 is 18.9. The first-order valence-electron chi connectivity index (χ1n) is 11.2. The van der Waals surface area contributed by atoms with Crippen LogP contribution in [0.4, 0.5) is 5.69 Å². The van der Waals surface area contributed by atoms with Gasteiger partial charge in [-0.3, -0.25) is 4.79 Å². The molecule has 1 heterocycles. The van der Waals surface area contributed by atoms with E-state index in [0.29, 0.717) is 34.7 Å². The number of hydrogen-bond acceptors (Lipinski definition) is 2. The molecule has 0 saturated carbocycles. The topological polar surface area (TPSA) is 23.6 Å². The molecule has 1 aliphatic rings. The zero-order valence-electron chi connectivity index (χ0n) is 18.7. The van der Waals surface area contributed by atoms with Gasteiger partial charge >= 0.3 is 0 Å². The van der Waals surface area contributed by atoms with Gasteiger partial charge in [-0.05, 0) is 47.4 Å². The predicted octanol–water partition coefficient (Wildman–Crippen LogP) is 7.48. The minimum atomic E-state index is -0.178. The maximum Gasteiger partial charge on any atom is 0.230 e. The lowest BCUT2D eigenvalue weighted by Gasteiger charge is -2.44. The maximum atomic E-state index is 13.8. The minimum Gasteiger partial charge on any atom is -0.360 e. The monoisotopic (exact) mass is 500 g/mol. The number of benzene rings is 3. The van der Waals surface area contributed by atoms with Gasteiger partial charge in [0.1, 0.15) is 0 Å². The molecular formula is C27H27Cl3N2O. The third kappa shape index (κ3) is 5.32. The minimum absolute atomic E-state index is 0.0535. The molecular weight excluding hydrogens is 475 g/mol. The molecule has 2 atom stereocenters. The SMILES string of the molecule is CC(C)C(C(=O)N1CCN(c2ccc(Cl)cc2Cl)C(c2ccc(Cl)cc2)C1)c1ccccc1. The van der Waals surface area contributed by atoms with E-state index in [1.54, 1.807) is 6.07 Å². The van der Waals surface area contributed by atoms with Gasteiger partial charge in [0.2, 0.25) is 5.91 Å². The van der Waals surface area contributed by atoms with Crippen molar-refractivity contribution < 1.29 is 4.79 Å². The molecule has 1 fully saturated rings. The molecule has 0 aliphatic carbocycles. The quantitative estimate of drug-likeness (QED) is 0.362. The predicted molar refractivity (Wildman–Crippen MR) is 139 cm³/mol. The van der Waals surface area contributed by atoms with Crippen molar-refractivity contribution in [3.63, 3.8) is 0 Å². The van der Waals surface area contributed by atoms with Crippen LogP contribution in [0, 0.1) is 5.92 Å². The number of amides is 1. The second-order valence-corrected chi connectivity index (χ2v) is 10.1. The third-order valence-electron chi connectivity index (χ3n) is 6.26. The fraction of sp³-hybridized carbons (Fsp3) is 0.296. The normalized spacial score (nSPS) is 17.3. The van der Waals surface area contributed by atoms with Crippen LogP contribution in [0.2, 0.25) is 15.1 Å². The number of carbonyl (C=O) groups is 1. The van der Waals surface area contributed by atoms with Crippen molar-refractivity contribution in [2.24, 2.45) is 5.92 Å². The molecule has 0 spiro atoms. The Morgan fingerprint density at radius 2 is 1.55 bits per heavy atom. The van der Waals surface area contributed by atoms with Crippen LogP contribution in [0.5, 0.6) is 0 Å². The number of piperazine rings is 1. The number of nitrogens with zero attached hydrogens (tertiary/aromatic N) is 2. The van der Waals surface area contributed by atoms with E-state index in [1.165, 1.54) is 0 Å². The molecule has 0 bridgehead atoms. The van der Waals surface area contributed by atoms with Crippen LogP contribution in [0.15, 0.2) is 72.8 Å². The molecule has 1 amide bonds. The van der Waals surface area contributed by atoms with Gasteiger partial charge < -0.3 is 9.80 Å². The van der Waals surface area contributed by atoms with Crippen molar-refractivity contribution in [2.75, 3.05) is 24.5 Å². The highest BCUT2D eigenvalue weighted by Gasteiger charge is 2.35. The zero-order valence-corrected chi connectivity index (χ0v) is 21.0. The molecule has 0 aromatic heterocycles. The molecule has 4 rings (SSSR count). The first-order valence-corrected chi connectivity index (χ1v) is 12.3. The van der Waals surface area contributed by atoms with Crippen molar-refractivity contribution >= 4 is 46.4 Å². The molecule has 1 saturated heterocycles. The molecule has 0 radical (unpaired) electrons. The number of halogens is 3. The summed E-state index contributed by atoms with van der Waals surface area (Å²) in [7, 11) is 0. The van der Waals surface area contributed by atoms with Gasteiger partial charge in [0, 0.05) is 29.7 Å². The summed E-state index contributed by atoms with van der Waals surface area (Å²) in [5.41, 5.74) is 3.06. The second kappa shape index (κ2) is 10.4. The lowest BCUT2D eigenvalue weighted by atomic mass is 9.86. The number of anilines is 1. The molecule has 33 heavy (non-hydrogen) atoms. The van der Waals surface area contributed by atoms with Gasteiger partial charge in [0.25, 0.3) is 0 Å². The molecule has 3 aromatic rings. The molecule has 6 heteroatoms. The van der Waals surface area contributed by atoms with Crippen LogP contribution in [-0.4, -0.2) is 30.4 Å². The van der Waals surface area contributed by atoms with E-state index in [0.717, 1.165) is 16.8 Å². The summed E-state index contributed by atoms with van der Waals surface area (Å²) < 4.78 is 0. The average Bonchev–Trinajstić information content (AvgIpc) is 2.80. The van der Waals surface area contributed by atoms with E-state index in [2.05, 4.69) is 18.7 Å². The van der Waals surface area contributed by atoms with Gasteiger partial charge in [-0.15, -0.1) is 0 Å². The van der Waals surface area contributed by atoms with E-state index >= 15 is 0 Å². The van der Waals surface area contributed by atoms with Crippen molar-refractivity contribution in [3.05, 3.63) is 99.0 Å². The zero-order chi connectivity index (χ0) is 23.5. The van der Waals surface area contributed by atoms with Crippen molar-refractivity contribution in [1.29, 1.82) is 0 Å². The molecule has 172 valence electrons. The lowest BCUT2D eigenvalue weighted by molar-refractivity contribution is -0.134. The molecule has 1 aliphatic heterocycles. The van der Waals surface area contributed by atoms with Crippen molar-refractivity contribution in [3.8, 4) is 0 Å². The summed E-state index contributed by atoms with van der Waals surface area (Å²) in [5, 5.41) is 1.89.